The average Bonchev–Trinajstić information content (AvgIpc) is 2.66. The van der Waals surface area contributed by atoms with Crippen molar-refractivity contribution in [3.8, 4) is 0 Å². The first-order chi connectivity index (χ1) is 9.11. The first kappa shape index (κ1) is 13.5. The lowest BCUT2D eigenvalue weighted by atomic mass is 10.2. The topological polar surface area (TPSA) is 102 Å². The third kappa shape index (κ3) is 3.10. The van der Waals surface area contributed by atoms with Gasteiger partial charge in [-0.05, 0) is 17.7 Å². The number of nitrogens with one attached hydrogen (secondary N) is 1. The Morgan fingerprint density at radius 2 is 1.95 bits per heavy atom. The molecule has 1 aromatic heterocycles. The Balaban J connectivity index is 2.23. The maximum absolute atomic E-state index is 8.86. The number of nitrogens with zero attached hydrogens (tertiary/aromatic N) is 2. The lowest BCUT2D eigenvalue weighted by Crippen LogP contribution is -2.13. The van der Waals surface area contributed by atoms with Crippen LogP contribution in [0.25, 0.3) is 0 Å². The van der Waals surface area contributed by atoms with Gasteiger partial charge >= 0.3 is 0 Å². The van der Waals surface area contributed by atoms with E-state index >= 15 is 0 Å². The molecule has 0 aliphatic rings. The molecule has 102 valence electrons. The van der Waals surface area contributed by atoms with Gasteiger partial charge in [-0.25, -0.2) is 4.68 Å². The summed E-state index contributed by atoms with van der Waals surface area (Å²) in [5.41, 5.74) is 13.0. The number of aromatic nitrogens is 2. The van der Waals surface area contributed by atoms with Crippen LogP contribution >= 0.6 is 11.6 Å². The SMILES string of the molecule is Nc1nn(Cc2ccc(Cl)cc2)c(NCCO)c1N. The molecule has 0 fully saturated rings. The van der Waals surface area contributed by atoms with E-state index in [1.807, 2.05) is 24.3 Å². The minimum absolute atomic E-state index is 0.00543. The van der Waals surface area contributed by atoms with Gasteiger partial charge in [0.15, 0.2) is 5.82 Å². The zero-order valence-corrected chi connectivity index (χ0v) is 11.1. The molecule has 0 unspecified atom stereocenters. The largest absolute Gasteiger partial charge is 0.395 e. The van der Waals surface area contributed by atoms with Gasteiger partial charge in [-0.1, -0.05) is 23.7 Å². The van der Waals surface area contributed by atoms with E-state index < -0.39 is 0 Å². The molecule has 1 aromatic carbocycles. The number of hydrogen-bond donors (Lipinski definition) is 4. The molecule has 0 bridgehead atoms. The molecule has 0 saturated carbocycles. The minimum Gasteiger partial charge on any atom is -0.395 e. The Hall–Kier alpha value is -1.92. The van der Waals surface area contributed by atoms with Crippen molar-refractivity contribution in [2.45, 2.75) is 6.54 Å². The number of halogens is 1. The predicted molar refractivity (Wildman–Crippen MR) is 77.2 cm³/mol. The second kappa shape index (κ2) is 5.81. The van der Waals surface area contributed by atoms with E-state index in [0.29, 0.717) is 29.6 Å². The maximum atomic E-state index is 8.86. The van der Waals surface area contributed by atoms with Gasteiger partial charge in [0.1, 0.15) is 11.5 Å². The molecular weight excluding hydrogens is 266 g/mol. The van der Waals surface area contributed by atoms with Crippen molar-refractivity contribution >= 4 is 28.9 Å². The van der Waals surface area contributed by atoms with Crippen LogP contribution in [0.4, 0.5) is 17.3 Å². The average molecular weight is 282 g/mol. The number of anilines is 3. The highest BCUT2D eigenvalue weighted by Gasteiger charge is 2.12. The summed E-state index contributed by atoms with van der Waals surface area (Å²) in [6.45, 7) is 0.910. The standard InChI is InChI=1S/C12H16ClN5O/c13-9-3-1-8(2-4-9)7-18-12(16-5-6-19)10(14)11(15)17-18/h1-4,16,19H,5-7,14H2,(H2,15,17). The molecule has 7 heteroatoms. The van der Waals surface area contributed by atoms with Crippen LogP contribution in [0.5, 0.6) is 0 Å². The molecule has 0 aliphatic heterocycles. The summed E-state index contributed by atoms with van der Waals surface area (Å²) >= 11 is 5.84. The number of hydrogen-bond acceptors (Lipinski definition) is 5. The van der Waals surface area contributed by atoms with E-state index in [4.69, 9.17) is 28.2 Å². The fourth-order valence-corrected chi connectivity index (χ4v) is 1.86. The Morgan fingerprint density at radius 1 is 1.26 bits per heavy atom. The number of aliphatic hydroxyl groups excluding tert-OH is 1. The summed E-state index contributed by atoms with van der Waals surface area (Å²) in [7, 11) is 0. The van der Waals surface area contributed by atoms with Gasteiger partial charge in [-0.3, -0.25) is 0 Å². The molecule has 19 heavy (non-hydrogen) atoms. The first-order valence-corrected chi connectivity index (χ1v) is 6.20. The monoisotopic (exact) mass is 281 g/mol. The van der Waals surface area contributed by atoms with Gasteiger partial charge in [0.05, 0.1) is 13.2 Å². The molecular formula is C12H16ClN5O. The van der Waals surface area contributed by atoms with Gasteiger partial charge < -0.3 is 21.9 Å². The van der Waals surface area contributed by atoms with Crippen LogP contribution in [0.1, 0.15) is 5.56 Å². The minimum atomic E-state index is 0.00543. The van der Waals surface area contributed by atoms with Crippen molar-refractivity contribution in [3.05, 3.63) is 34.9 Å². The van der Waals surface area contributed by atoms with Crippen molar-refractivity contribution in [2.24, 2.45) is 0 Å². The van der Waals surface area contributed by atoms with Crippen LogP contribution in [-0.2, 0) is 6.54 Å². The summed E-state index contributed by atoms with van der Waals surface area (Å²) in [5.74, 6) is 0.885. The molecule has 0 amide bonds. The summed E-state index contributed by atoms with van der Waals surface area (Å²) in [6, 6.07) is 7.44. The van der Waals surface area contributed by atoms with Crippen LogP contribution in [0.2, 0.25) is 5.02 Å². The molecule has 0 spiro atoms. The number of nitrogens with two attached hydrogens (primary N) is 2. The summed E-state index contributed by atoms with van der Waals surface area (Å²) in [6.07, 6.45) is 0. The molecule has 0 radical (unpaired) electrons. The van der Waals surface area contributed by atoms with Crippen LogP contribution < -0.4 is 16.8 Å². The maximum Gasteiger partial charge on any atom is 0.171 e. The predicted octanol–water partition coefficient (Wildman–Crippen LogP) is 1.15. The van der Waals surface area contributed by atoms with Crippen molar-refractivity contribution in [2.75, 3.05) is 29.9 Å². The molecule has 2 aromatic rings. The van der Waals surface area contributed by atoms with Crippen molar-refractivity contribution in [1.82, 2.24) is 9.78 Å². The second-order valence-electron chi connectivity index (χ2n) is 4.08. The molecule has 1 heterocycles. The van der Waals surface area contributed by atoms with Gasteiger partial charge in [-0.2, -0.15) is 5.10 Å². The fraction of sp³-hybridized carbons (Fsp3) is 0.250. The molecule has 6 N–H and O–H groups in total. The fourth-order valence-electron chi connectivity index (χ4n) is 1.73. The van der Waals surface area contributed by atoms with Gasteiger partial charge in [-0.15, -0.1) is 0 Å². The molecule has 0 aliphatic carbocycles. The highest BCUT2D eigenvalue weighted by molar-refractivity contribution is 6.30. The van der Waals surface area contributed by atoms with Gasteiger partial charge in [0, 0.05) is 11.6 Å². The summed E-state index contributed by atoms with van der Waals surface area (Å²) in [5, 5.41) is 16.7. The smallest absolute Gasteiger partial charge is 0.171 e. The van der Waals surface area contributed by atoms with Gasteiger partial charge in [0.25, 0.3) is 0 Å². The molecule has 6 nitrogen and oxygen atoms in total. The quantitative estimate of drug-likeness (QED) is 0.658. The highest BCUT2D eigenvalue weighted by atomic mass is 35.5. The van der Waals surface area contributed by atoms with E-state index in [-0.39, 0.29) is 12.4 Å². The number of nitrogen functional groups attached to an aromatic ring is 2. The van der Waals surface area contributed by atoms with E-state index in [2.05, 4.69) is 10.4 Å². The van der Waals surface area contributed by atoms with E-state index in [0.717, 1.165) is 5.56 Å². The summed E-state index contributed by atoms with van der Waals surface area (Å²) in [4.78, 5) is 0. The van der Waals surface area contributed by atoms with E-state index in [9.17, 15) is 0 Å². The van der Waals surface area contributed by atoms with Gasteiger partial charge in [0.2, 0.25) is 0 Å². The highest BCUT2D eigenvalue weighted by Crippen LogP contribution is 2.25. The molecule has 0 atom stereocenters. The Kier molecular flexibility index (Phi) is 4.13. The van der Waals surface area contributed by atoms with Crippen LogP contribution in [0.15, 0.2) is 24.3 Å². The Labute approximate surface area is 116 Å². The third-order valence-electron chi connectivity index (χ3n) is 2.67. The first-order valence-electron chi connectivity index (χ1n) is 5.82. The molecule has 0 saturated heterocycles. The number of benzene rings is 1. The number of rotatable bonds is 5. The lowest BCUT2D eigenvalue weighted by molar-refractivity contribution is 0.310. The van der Waals surface area contributed by atoms with Crippen LogP contribution in [0.3, 0.4) is 0 Å². The second-order valence-corrected chi connectivity index (χ2v) is 4.52. The zero-order valence-electron chi connectivity index (χ0n) is 10.3. The van der Waals surface area contributed by atoms with Crippen molar-refractivity contribution in [3.63, 3.8) is 0 Å². The Bertz CT molecular complexity index is 552. The Morgan fingerprint density at radius 3 is 2.58 bits per heavy atom. The lowest BCUT2D eigenvalue weighted by Gasteiger charge is -2.09. The zero-order chi connectivity index (χ0) is 13.8. The third-order valence-corrected chi connectivity index (χ3v) is 2.92. The normalized spacial score (nSPS) is 10.6. The van der Waals surface area contributed by atoms with Crippen molar-refractivity contribution < 1.29 is 5.11 Å². The molecule has 2 rings (SSSR count). The van der Waals surface area contributed by atoms with E-state index in [1.165, 1.54) is 0 Å². The van der Waals surface area contributed by atoms with E-state index in [1.54, 1.807) is 4.68 Å². The van der Waals surface area contributed by atoms with Crippen LogP contribution in [-0.4, -0.2) is 28.0 Å². The van der Waals surface area contributed by atoms with Crippen molar-refractivity contribution in [1.29, 1.82) is 0 Å². The summed E-state index contributed by atoms with van der Waals surface area (Å²) < 4.78 is 1.67. The number of aliphatic hydroxyl groups is 1. The van der Waals surface area contributed by atoms with Crippen LogP contribution in [0, 0.1) is 0 Å².